The molecule has 0 saturated carbocycles. The van der Waals surface area contributed by atoms with Crippen LogP contribution < -0.4 is 5.32 Å². The predicted octanol–water partition coefficient (Wildman–Crippen LogP) is 4.62. The number of anilines is 1. The smallest absolute Gasteiger partial charge is 0.339 e. The van der Waals surface area contributed by atoms with Gasteiger partial charge in [0.15, 0.2) is 6.61 Å². The standard InChI is InChI=1S/C24H15ClN4O3/c25-17-6-5-16(13-26)21(11-17)29-23(30)14-32-24(31)19-12-22(15-7-9-27-10-8-15)28-20-4-2-1-3-18(19)20/h1-12H,14H2,(H,29,30). The molecule has 0 unspecified atom stereocenters. The molecule has 8 heteroatoms. The lowest BCUT2D eigenvalue weighted by Gasteiger charge is -2.11. The molecule has 0 spiro atoms. The molecule has 0 radical (unpaired) electrons. The van der Waals surface area contributed by atoms with E-state index in [1.807, 2.05) is 12.1 Å². The van der Waals surface area contributed by atoms with E-state index >= 15 is 0 Å². The van der Waals surface area contributed by atoms with Crippen LogP contribution in [0.25, 0.3) is 22.2 Å². The number of hydrogen-bond acceptors (Lipinski definition) is 6. The highest BCUT2D eigenvalue weighted by Crippen LogP contribution is 2.25. The van der Waals surface area contributed by atoms with E-state index in [1.54, 1.807) is 54.9 Å². The zero-order chi connectivity index (χ0) is 22.5. The van der Waals surface area contributed by atoms with E-state index in [9.17, 15) is 9.59 Å². The number of carbonyl (C=O) groups excluding carboxylic acids is 2. The second-order valence-electron chi connectivity index (χ2n) is 6.73. The first kappa shape index (κ1) is 21.0. The Morgan fingerprint density at radius 1 is 1.06 bits per heavy atom. The summed E-state index contributed by atoms with van der Waals surface area (Å²) in [5.74, 6) is -1.26. The van der Waals surface area contributed by atoms with Gasteiger partial charge in [-0.15, -0.1) is 0 Å². The minimum absolute atomic E-state index is 0.246. The number of carbonyl (C=O) groups is 2. The molecule has 0 atom stereocenters. The van der Waals surface area contributed by atoms with Gasteiger partial charge >= 0.3 is 5.97 Å². The molecule has 1 amide bonds. The van der Waals surface area contributed by atoms with Gasteiger partial charge in [0.1, 0.15) is 6.07 Å². The van der Waals surface area contributed by atoms with Crippen molar-refractivity contribution in [2.45, 2.75) is 0 Å². The molecule has 2 aromatic carbocycles. The van der Waals surface area contributed by atoms with Gasteiger partial charge in [-0.2, -0.15) is 5.26 Å². The monoisotopic (exact) mass is 442 g/mol. The number of nitrogens with zero attached hydrogens (tertiary/aromatic N) is 3. The first-order chi connectivity index (χ1) is 15.5. The Hall–Kier alpha value is -4.28. The average Bonchev–Trinajstić information content (AvgIpc) is 2.82. The number of pyridine rings is 2. The minimum atomic E-state index is -0.666. The van der Waals surface area contributed by atoms with Crippen LogP contribution >= 0.6 is 11.6 Å². The highest BCUT2D eigenvalue weighted by atomic mass is 35.5. The molecule has 4 rings (SSSR count). The highest BCUT2D eigenvalue weighted by molar-refractivity contribution is 6.31. The maximum absolute atomic E-state index is 12.9. The molecule has 0 aliphatic carbocycles. The van der Waals surface area contributed by atoms with E-state index in [2.05, 4.69) is 15.3 Å². The van der Waals surface area contributed by atoms with Gasteiger partial charge in [0.25, 0.3) is 5.91 Å². The Morgan fingerprint density at radius 3 is 2.62 bits per heavy atom. The molecule has 2 heterocycles. The van der Waals surface area contributed by atoms with E-state index in [0.29, 0.717) is 21.6 Å². The van der Waals surface area contributed by atoms with Crippen LogP contribution in [0.15, 0.2) is 73.1 Å². The van der Waals surface area contributed by atoms with Gasteiger partial charge in [-0.3, -0.25) is 9.78 Å². The SMILES string of the molecule is N#Cc1ccc(Cl)cc1NC(=O)COC(=O)c1cc(-c2ccncc2)nc2ccccc12. The zero-order valence-electron chi connectivity index (χ0n) is 16.6. The highest BCUT2D eigenvalue weighted by Gasteiger charge is 2.17. The van der Waals surface area contributed by atoms with Crippen molar-refractivity contribution in [2.75, 3.05) is 11.9 Å². The molecule has 1 N–H and O–H groups in total. The normalized spacial score (nSPS) is 10.4. The van der Waals surface area contributed by atoms with Crippen LogP contribution in [-0.2, 0) is 9.53 Å². The molecular formula is C24H15ClN4O3. The summed E-state index contributed by atoms with van der Waals surface area (Å²) in [5, 5.41) is 12.7. The van der Waals surface area contributed by atoms with Crippen LogP contribution in [0.2, 0.25) is 5.02 Å². The number of rotatable bonds is 5. The number of benzene rings is 2. The lowest BCUT2D eigenvalue weighted by molar-refractivity contribution is -0.119. The van der Waals surface area contributed by atoms with Crippen molar-refractivity contribution in [1.82, 2.24) is 9.97 Å². The Morgan fingerprint density at radius 2 is 1.84 bits per heavy atom. The second kappa shape index (κ2) is 9.25. The molecule has 2 aromatic heterocycles. The summed E-state index contributed by atoms with van der Waals surface area (Å²) < 4.78 is 5.26. The average molecular weight is 443 g/mol. The number of hydrogen-bond donors (Lipinski definition) is 1. The van der Waals surface area contributed by atoms with Gasteiger partial charge in [0, 0.05) is 28.4 Å². The van der Waals surface area contributed by atoms with Crippen LogP contribution in [0.1, 0.15) is 15.9 Å². The number of aromatic nitrogens is 2. The number of fused-ring (bicyclic) bond motifs is 1. The van der Waals surface area contributed by atoms with Crippen molar-refractivity contribution in [3.8, 4) is 17.3 Å². The van der Waals surface area contributed by atoms with Crippen LogP contribution in [0, 0.1) is 11.3 Å². The third kappa shape index (κ3) is 4.56. The molecule has 0 aliphatic heterocycles. The van der Waals surface area contributed by atoms with Crippen molar-refractivity contribution in [3.05, 3.63) is 89.2 Å². The maximum atomic E-state index is 12.9. The fraction of sp³-hybridized carbons (Fsp3) is 0.0417. The number of ether oxygens (including phenoxy) is 1. The summed E-state index contributed by atoms with van der Waals surface area (Å²) in [6.45, 7) is -0.530. The minimum Gasteiger partial charge on any atom is -0.452 e. The Bertz CT molecular complexity index is 1370. The Kier molecular flexibility index (Phi) is 6.06. The summed E-state index contributed by atoms with van der Waals surface area (Å²) in [6.07, 6.45) is 3.28. The topological polar surface area (TPSA) is 105 Å². The van der Waals surface area contributed by atoms with Crippen molar-refractivity contribution in [1.29, 1.82) is 5.26 Å². The van der Waals surface area contributed by atoms with E-state index in [-0.39, 0.29) is 16.8 Å². The Labute approximate surface area is 188 Å². The number of nitriles is 1. The zero-order valence-corrected chi connectivity index (χ0v) is 17.3. The molecule has 4 aromatic rings. The third-order valence-corrected chi connectivity index (χ3v) is 4.86. The van der Waals surface area contributed by atoms with Gasteiger partial charge in [0.2, 0.25) is 0 Å². The van der Waals surface area contributed by atoms with Crippen molar-refractivity contribution >= 4 is 40.1 Å². The van der Waals surface area contributed by atoms with Crippen molar-refractivity contribution in [2.24, 2.45) is 0 Å². The van der Waals surface area contributed by atoms with Crippen molar-refractivity contribution in [3.63, 3.8) is 0 Å². The second-order valence-corrected chi connectivity index (χ2v) is 7.17. The summed E-state index contributed by atoms with van der Waals surface area (Å²) >= 11 is 5.93. The van der Waals surface area contributed by atoms with Gasteiger partial charge in [0.05, 0.1) is 28.0 Å². The molecule has 156 valence electrons. The molecule has 0 fully saturated rings. The van der Waals surface area contributed by atoms with Crippen LogP contribution in [0.5, 0.6) is 0 Å². The van der Waals surface area contributed by atoms with Crippen LogP contribution in [0.4, 0.5) is 5.69 Å². The molecule has 0 aliphatic rings. The maximum Gasteiger partial charge on any atom is 0.339 e. The van der Waals surface area contributed by atoms with E-state index in [0.717, 1.165) is 5.56 Å². The number of halogens is 1. The fourth-order valence-electron chi connectivity index (χ4n) is 3.13. The van der Waals surface area contributed by atoms with Crippen LogP contribution in [0.3, 0.4) is 0 Å². The van der Waals surface area contributed by atoms with E-state index in [4.69, 9.17) is 21.6 Å². The Balaban J connectivity index is 1.56. The number of amides is 1. The van der Waals surface area contributed by atoms with Crippen molar-refractivity contribution < 1.29 is 14.3 Å². The molecule has 32 heavy (non-hydrogen) atoms. The predicted molar refractivity (Wildman–Crippen MR) is 120 cm³/mol. The van der Waals surface area contributed by atoms with Gasteiger partial charge < -0.3 is 10.1 Å². The summed E-state index contributed by atoms with van der Waals surface area (Å²) in [6, 6.07) is 18.9. The van der Waals surface area contributed by atoms with Gasteiger partial charge in [-0.25, -0.2) is 9.78 Å². The summed E-state index contributed by atoms with van der Waals surface area (Å²) in [4.78, 5) is 33.8. The third-order valence-electron chi connectivity index (χ3n) is 4.62. The fourth-order valence-corrected chi connectivity index (χ4v) is 3.30. The number of nitrogens with one attached hydrogen (secondary N) is 1. The molecule has 0 saturated heterocycles. The number of para-hydroxylation sites is 1. The first-order valence-corrected chi connectivity index (χ1v) is 9.90. The lowest BCUT2D eigenvalue weighted by atomic mass is 10.0. The first-order valence-electron chi connectivity index (χ1n) is 9.52. The van der Waals surface area contributed by atoms with E-state index in [1.165, 1.54) is 12.1 Å². The molecule has 0 bridgehead atoms. The van der Waals surface area contributed by atoms with E-state index < -0.39 is 18.5 Å². The largest absolute Gasteiger partial charge is 0.452 e. The summed E-state index contributed by atoms with van der Waals surface area (Å²) in [7, 11) is 0. The molecular weight excluding hydrogens is 428 g/mol. The molecule has 7 nitrogen and oxygen atoms in total. The quantitative estimate of drug-likeness (QED) is 0.452. The lowest BCUT2D eigenvalue weighted by Crippen LogP contribution is -2.21. The summed E-state index contributed by atoms with van der Waals surface area (Å²) in [5.41, 5.74) is 2.78. The van der Waals surface area contributed by atoms with Crippen LogP contribution in [-0.4, -0.2) is 28.5 Å². The number of esters is 1. The van der Waals surface area contributed by atoms with Gasteiger partial charge in [-0.05, 0) is 42.5 Å². The van der Waals surface area contributed by atoms with Gasteiger partial charge in [-0.1, -0.05) is 29.8 Å².